The Morgan fingerprint density at radius 2 is 1.96 bits per heavy atom. The van der Waals surface area contributed by atoms with Crippen LogP contribution in [0.2, 0.25) is 0 Å². The van der Waals surface area contributed by atoms with Crippen molar-refractivity contribution in [2.75, 3.05) is 26.3 Å². The number of likely N-dealkylation sites (tertiary alicyclic amines) is 1. The Balaban J connectivity index is 1.46. The molecule has 2 aromatic carbocycles. The first kappa shape index (κ1) is 15.9. The van der Waals surface area contributed by atoms with Crippen LogP contribution >= 0.6 is 0 Å². The van der Waals surface area contributed by atoms with Crippen LogP contribution in [0.25, 0.3) is 11.0 Å². The average molecular weight is 349 g/mol. The van der Waals surface area contributed by atoms with Gasteiger partial charge in [0.2, 0.25) is 0 Å². The largest absolute Gasteiger partial charge is 0.493 e. The number of nitrogens with zero attached hydrogens (tertiary/aromatic N) is 1. The highest BCUT2D eigenvalue weighted by Crippen LogP contribution is 2.49. The fraction of sp³-hybridized carbons (Fsp3) is 0.364. The van der Waals surface area contributed by atoms with Gasteiger partial charge in [-0.15, -0.1) is 0 Å². The molecule has 3 aromatic rings. The number of rotatable bonds is 3. The van der Waals surface area contributed by atoms with Crippen molar-refractivity contribution in [2.45, 2.75) is 19.4 Å². The Morgan fingerprint density at radius 1 is 1.15 bits per heavy atom. The molecule has 26 heavy (non-hydrogen) atoms. The molecule has 134 valence electrons. The minimum absolute atomic E-state index is 0.140. The number of hydrogen-bond acceptors (Lipinski definition) is 4. The summed E-state index contributed by atoms with van der Waals surface area (Å²) in [7, 11) is 0. The van der Waals surface area contributed by atoms with Crippen LogP contribution in [0.15, 0.2) is 52.9 Å². The number of hydrogen-bond donors (Lipinski definition) is 1. The van der Waals surface area contributed by atoms with Gasteiger partial charge in [-0.05, 0) is 30.2 Å². The van der Waals surface area contributed by atoms with Gasteiger partial charge in [0.15, 0.2) is 0 Å². The van der Waals surface area contributed by atoms with Crippen LogP contribution in [0, 0.1) is 12.3 Å². The van der Waals surface area contributed by atoms with E-state index in [1.54, 1.807) is 0 Å². The van der Waals surface area contributed by atoms with E-state index in [4.69, 9.17) is 9.15 Å². The molecule has 0 aliphatic carbocycles. The highest BCUT2D eigenvalue weighted by molar-refractivity contribution is 5.81. The number of furan rings is 1. The summed E-state index contributed by atoms with van der Waals surface area (Å²) in [6.07, 6.45) is 0. The zero-order chi connectivity index (χ0) is 17.7. The smallest absolute Gasteiger partial charge is 0.134 e. The summed E-state index contributed by atoms with van der Waals surface area (Å²) in [6.45, 7) is 5.34. The fourth-order valence-electron chi connectivity index (χ4n) is 4.67. The lowest BCUT2D eigenvalue weighted by molar-refractivity contribution is 0.0453. The number of fused-ring (bicyclic) bond motifs is 4. The van der Waals surface area contributed by atoms with Crippen LogP contribution < -0.4 is 4.74 Å². The summed E-state index contributed by atoms with van der Waals surface area (Å²) in [5, 5.41) is 11.4. The second-order valence-corrected chi connectivity index (χ2v) is 7.72. The predicted molar refractivity (Wildman–Crippen MR) is 100 cm³/mol. The maximum atomic E-state index is 10.2. The maximum absolute atomic E-state index is 10.2. The van der Waals surface area contributed by atoms with Crippen molar-refractivity contribution < 1.29 is 14.3 Å². The van der Waals surface area contributed by atoms with Gasteiger partial charge in [-0.3, -0.25) is 4.90 Å². The first-order chi connectivity index (χ1) is 12.7. The van der Waals surface area contributed by atoms with Crippen molar-refractivity contribution in [1.82, 2.24) is 4.90 Å². The molecule has 1 N–H and O–H groups in total. The number of benzene rings is 2. The van der Waals surface area contributed by atoms with Crippen molar-refractivity contribution in [1.29, 1.82) is 0 Å². The van der Waals surface area contributed by atoms with Gasteiger partial charge in [-0.25, -0.2) is 0 Å². The molecule has 1 aromatic heterocycles. The van der Waals surface area contributed by atoms with E-state index in [2.05, 4.69) is 30.0 Å². The van der Waals surface area contributed by atoms with Crippen molar-refractivity contribution in [2.24, 2.45) is 5.41 Å². The highest BCUT2D eigenvalue weighted by atomic mass is 16.5. The van der Waals surface area contributed by atoms with E-state index >= 15 is 0 Å². The molecule has 5 rings (SSSR count). The van der Waals surface area contributed by atoms with E-state index < -0.39 is 0 Å². The predicted octanol–water partition coefficient (Wildman–Crippen LogP) is 3.71. The minimum Gasteiger partial charge on any atom is -0.493 e. The number of aliphatic hydroxyl groups excluding tert-OH is 1. The van der Waals surface area contributed by atoms with Crippen LogP contribution in [0.1, 0.15) is 22.8 Å². The lowest BCUT2D eigenvalue weighted by Crippen LogP contribution is -2.42. The van der Waals surface area contributed by atoms with Crippen molar-refractivity contribution in [3.8, 4) is 5.75 Å². The van der Waals surface area contributed by atoms with Crippen molar-refractivity contribution in [3.05, 3.63) is 65.4 Å². The monoisotopic (exact) mass is 349 g/mol. The zero-order valence-electron chi connectivity index (χ0n) is 14.9. The zero-order valence-corrected chi connectivity index (χ0v) is 14.9. The molecule has 1 saturated heterocycles. The van der Waals surface area contributed by atoms with E-state index in [-0.39, 0.29) is 12.0 Å². The number of ether oxygens (including phenoxy) is 1. The van der Waals surface area contributed by atoms with Crippen LogP contribution in [0.3, 0.4) is 0 Å². The minimum atomic E-state index is -0.228. The molecule has 2 unspecified atom stereocenters. The summed E-state index contributed by atoms with van der Waals surface area (Å²) in [6, 6.07) is 16.4. The van der Waals surface area contributed by atoms with Gasteiger partial charge in [0.05, 0.1) is 19.8 Å². The molecule has 2 aliphatic rings. The van der Waals surface area contributed by atoms with Crippen LogP contribution in [0.5, 0.6) is 5.75 Å². The van der Waals surface area contributed by atoms with Crippen molar-refractivity contribution in [3.63, 3.8) is 0 Å². The van der Waals surface area contributed by atoms with Crippen LogP contribution in [-0.2, 0) is 6.54 Å². The van der Waals surface area contributed by atoms with E-state index in [1.807, 2.05) is 30.3 Å². The Kier molecular flexibility index (Phi) is 3.59. The van der Waals surface area contributed by atoms with Gasteiger partial charge in [0, 0.05) is 29.8 Å². The van der Waals surface area contributed by atoms with Gasteiger partial charge in [-0.1, -0.05) is 36.4 Å². The molecule has 2 aliphatic heterocycles. The number of aliphatic hydroxyl groups is 1. The Hall–Kier alpha value is -2.30. The Morgan fingerprint density at radius 3 is 2.81 bits per heavy atom. The maximum Gasteiger partial charge on any atom is 0.134 e. The molecule has 0 amide bonds. The quantitative estimate of drug-likeness (QED) is 0.783. The Labute approximate surface area is 153 Å². The average Bonchev–Trinajstić information content (AvgIpc) is 3.21. The second kappa shape index (κ2) is 5.86. The molecule has 0 bridgehead atoms. The third-order valence-electron chi connectivity index (χ3n) is 6.15. The molecule has 1 fully saturated rings. The first-order valence-electron chi connectivity index (χ1n) is 9.22. The van der Waals surface area contributed by atoms with Gasteiger partial charge in [0.1, 0.15) is 17.1 Å². The highest BCUT2D eigenvalue weighted by Gasteiger charge is 2.50. The molecule has 4 nitrogen and oxygen atoms in total. The lowest BCUT2D eigenvalue weighted by Gasteiger charge is -2.38. The van der Waals surface area contributed by atoms with E-state index in [0.717, 1.165) is 36.7 Å². The molecule has 0 spiro atoms. The summed E-state index contributed by atoms with van der Waals surface area (Å²) in [4.78, 5) is 2.40. The lowest BCUT2D eigenvalue weighted by atomic mass is 9.74. The van der Waals surface area contributed by atoms with Gasteiger partial charge in [0.25, 0.3) is 0 Å². The molecule has 4 heteroatoms. The number of para-hydroxylation sites is 2. The van der Waals surface area contributed by atoms with Crippen LogP contribution in [-0.4, -0.2) is 36.3 Å². The molecule has 0 radical (unpaired) electrons. The summed E-state index contributed by atoms with van der Waals surface area (Å²) in [5.41, 5.74) is 3.15. The number of aryl methyl sites for hydroxylation is 1. The summed E-state index contributed by atoms with van der Waals surface area (Å²) < 4.78 is 12.1. The van der Waals surface area contributed by atoms with Gasteiger partial charge >= 0.3 is 0 Å². The third kappa shape index (κ3) is 2.29. The molecular formula is C22H23NO3. The topological polar surface area (TPSA) is 45.8 Å². The molecular weight excluding hydrogens is 326 g/mol. The van der Waals surface area contributed by atoms with E-state index in [0.29, 0.717) is 12.5 Å². The first-order valence-corrected chi connectivity index (χ1v) is 9.22. The molecule has 3 heterocycles. The van der Waals surface area contributed by atoms with Gasteiger partial charge in [-0.2, -0.15) is 0 Å². The summed E-state index contributed by atoms with van der Waals surface area (Å²) >= 11 is 0. The van der Waals surface area contributed by atoms with E-state index in [1.165, 1.54) is 16.5 Å². The molecule has 0 saturated carbocycles. The Bertz CT molecular complexity index is 963. The van der Waals surface area contributed by atoms with Crippen LogP contribution in [0.4, 0.5) is 0 Å². The standard InChI is InChI=1S/C22H23NO3/c1-15-16-6-2-5-9-20(16)26-21(15)11-23-10-18-17-7-3-4-8-19(17)25-14-22(18,12-23)13-24/h2-9,18,24H,10-14H2,1H3. The van der Waals surface area contributed by atoms with Crippen molar-refractivity contribution >= 4 is 11.0 Å². The fourth-order valence-corrected chi connectivity index (χ4v) is 4.67. The SMILES string of the molecule is Cc1c(CN2CC3c4ccccc4OCC3(CO)C2)oc2ccccc12. The normalized spacial score (nSPS) is 25.1. The third-order valence-corrected chi connectivity index (χ3v) is 6.15. The molecule has 2 atom stereocenters. The second-order valence-electron chi connectivity index (χ2n) is 7.72. The van der Waals surface area contributed by atoms with Gasteiger partial charge < -0.3 is 14.3 Å². The van der Waals surface area contributed by atoms with E-state index in [9.17, 15) is 5.11 Å². The summed E-state index contributed by atoms with van der Waals surface area (Å²) in [5.74, 6) is 2.28.